The Hall–Kier alpha value is -2.53. The van der Waals surface area contributed by atoms with Crippen molar-refractivity contribution >= 4 is 17.6 Å². The highest BCUT2D eigenvalue weighted by atomic mass is 16.4. The fourth-order valence-corrected chi connectivity index (χ4v) is 1.03. The summed E-state index contributed by atoms with van der Waals surface area (Å²) in [7, 11) is 0. The van der Waals surface area contributed by atoms with Crippen LogP contribution in [-0.4, -0.2) is 22.2 Å². The normalized spacial score (nSPS) is 8.68. The number of carboxylic acids is 2. The third-order valence-corrected chi connectivity index (χ3v) is 2.03. The number of carboxylic acid groups (broad SMARTS) is 2. The van der Waals surface area contributed by atoms with Gasteiger partial charge in [0, 0.05) is 23.4 Å². The van der Waals surface area contributed by atoms with E-state index in [1.54, 1.807) is 31.2 Å². The lowest BCUT2D eigenvalue weighted by atomic mass is 10.1. The zero-order valence-corrected chi connectivity index (χ0v) is 10.5. The van der Waals surface area contributed by atoms with Crippen LogP contribution in [0.25, 0.3) is 10.4 Å². The zero-order valence-electron chi connectivity index (χ0n) is 10.5. The van der Waals surface area contributed by atoms with Gasteiger partial charge in [-0.3, -0.25) is 9.59 Å². The second-order valence-electron chi connectivity index (χ2n) is 3.50. The van der Waals surface area contributed by atoms with Crippen molar-refractivity contribution in [3.8, 4) is 0 Å². The lowest BCUT2D eigenvalue weighted by molar-refractivity contribution is -0.137. The molecule has 0 heterocycles. The monoisotopic (exact) mass is 265 g/mol. The lowest BCUT2D eigenvalue weighted by Gasteiger charge is -1.98. The van der Waals surface area contributed by atoms with E-state index < -0.39 is 11.9 Å². The summed E-state index contributed by atoms with van der Waals surface area (Å²) in [5, 5.41) is 19.6. The molecule has 0 aliphatic rings. The Kier molecular flexibility index (Phi) is 8.23. The Morgan fingerprint density at radius 3 is 2.11 bits per heavy atom. The maximum Gasteiger partial charge on any atom is 0.303 e. The standard InChI is InChI=1S/C9H9N3O2.C3H6O2/c10-12-11-8-4-1-7(2-5-8)3-6-9(13)14;1-2-3(4)5/h1-2,4-5H,3,6H2,(H,13,14);2H2,1H3,(H,4,5). The molecule has 0 saturated heterocycles. The summed E-state index contributed by atoms with van der Waals surface area (Å²) in [5.74, 6) is -1.56. The summed E-state index contributed by atoms with van der Waals surface area (Å²) >= 11 is 0. The number of aryl methyl sites for hydroxylation is 1. The first-order valence-electron chi connectivity index (χ1n) is 5.57. The summed E-state index contributed by atoms with van der Waals surface area (Å²) in [5.41, 5.74) is 9.60. The van der Waals surface area contributed by atoms with E-state index in [1.807, 2.05) is 0 Å². The largest absolute Gasteiger partial charge is 0.481 e. The predicted molar refractivity (Wildman–Crippen MR) is 69.1 cm³/mol. The highest BCUT2D eigenvalue weighted by molar-refractivity contribution is 5.67. The third-order valence-electron chi connectivity index (χ3n) is 2.03. The van der Waals surface area contributed by atoms with Gasteiger partial charge >= 0.3 is 11.9 Å². The van der Waals surface area contributed by atoms with Gasteiger partial charge in [0.25, 0.3) is 0 Å². The van der Waals surface area contributed by atoms with E-state index in [2.05, 4.69) is 10.0 Å². The van der Waals surface area contributed by atoms with Gasteiger partial charge in [-0.2, -0.15) is 0 Å². The topological polar surface area (TPSA) is 123 Å². The molecule has 0 spiro atoms. The number of hydrogen-bond donors (Lipinski definition) is 2. The molecule has 2 N–H and O–H groups in total. The van der Waals surface area contributed by atoms with Crippen LogP contribution in [0.4, 0.5) is 5.69 Å². The minimum Gasteiger partial charge on any atom is -0.481 e. The molecule has 0 bridgehead atoms. The number of nitrogens with zero attached hydrogens (tertiary/aromatic N) is 3. The van der Waals surface area contributed by atoms with Crippen molar-refractivity contribution < 1.29 is 19.8 Å². The van der Waals surface area contributed by atoms with Crippen LogP contribution < -0.4 is 0 Å². The first-order chi connectivity index (χ1) is 8.99. The van der Waals surface area contributed by atoms with Crippen LogP contribution in [0.1, 0.15) is 25.3 Å². The molecular formula is C12H15N3O4. The van der Waals surface area contributed by atoms with Gasteiger partial charge in [0.2, 0.25) is 0 Å². The molecule has 0 aliphatic heterocycles. The number of carbonyl (C=O) groups is 2. The molecule has 7 nitrogen and oxygen atoms in total. The third kappa shape index (κ3) is 9.20. The second-order valence-corrected chi connectivity index (χ2v) is 3.50. The molecule has 19 heavy (non-hydrogen) atoms. The predicted octanol–water partition coefficient (Wildman–Crippen LogP) is 3.13. The van der Waals surface area contributed by atoms with Crippen LogP contribution in [0.5, 0.6) is 0 Å². The van der Waals surface area contributed by atoms with Crippen LogP contribution >= 0.6 is 0 Å². The van der Waals surface area contributed by atoms with Crippen molar-refractivity contribution in [2.75, 3.05) is 0 Å². The summed E-state index contributed by atoms with van der Waals surface area (Å²) in [6.07, 6.45) is 0.826. The van der Waals surface area contributed by atoms with Gasteiger partial charge in [0.1, 0.15) is 0 Å². The first kappa shape index (κ1) is 16.5. The number of aliphatic carboxylic acids is 2. The van der Waals surface area contributed by atoms with Gasteiger partial charge in [-0.1, -0.05) is 36.3 Å². The van der Waals surface area contributed by atoms with E-state index in [1.165, 1.54) is 0 Å². The fraction of sp³-hybridized carbons (Fsp3) is 0.333. The molecule has 0 aromatic heterocycles. The molecule has 1 aromatic rings. The van der Waals surface area contributed by atoms with Crippen LogP contribution in [0.15, 0.2) is 29.4 Å². The molecule has 0 unspecified atom stereocenters. The van der Waals surface area contributed by atoms with Gasteiger partial charge < -0.3 is 10.2 Å². The Bertz CT molecular complexity index is 464. The van der Waals surface area contributed by atoms with Crippen molar-refractivity contribution in [1.82, 2.24) is 0 Å². The molecule has 102 valence electrons. The summed E-state index contributed by atoms with van der Waals surface area (Å²) in [4.78, 5) is 22.3. The molecule has 0 saturated carbocycles. The van der Waals surface area contributed by atoms with Crippen molar-refractivity contribution in [2.45, 2.75) is 26.2 Å². The first-order valence-corrected chi connectivity index (χ1v) is 5.57. The Balaban J connectivity index is 0.000000555. The quantitative estimate of drug-likeness (QED) is 0.482. The van der Waals surface area contributed by atoms with E-state index in [0.717, 1.165) is 5.56 Å². The number of rotatable bonds is 5. The highest BCUT2D eigenvalue weighted by Crippen LogP contribution is 2.13. The van der Waals surface area contributed by atoms with Crippen molar-refractivity contribution in [3.05, 3.63) is 40.3 Å². The highest BCUT2D eigenvalue weighted by Gasteiger charge is 1.98. The fourth-order valence-electron chi connectivity index (χ4n) is 1.03. The maximum absolute atomic E-state index is 10.3. The zero-order chi connectivity index (χ0) is 14.7. The van der Waals surface area contributed by atoms with Crippen molar-refractivity contribution in [3.63, 3.8) is 0 Å². The van der Waals surface area contributed by atoms with Crippen LogP contribution in [0.3, 0.4) is 0 Å². The van der Waals surface area contributed by atoms with Crippen LogP contribution in [0, 0.1) is 0 Å². The molecule has 0 fully saturated rings. The maximum atomic E-state index is 10.3. The van der Waals surface area contributed by atoms with E-state index >= 15 is 0 Å². The minimum absolute atomic E-state index is 0.112. The molecule has 1 aromatic carbocycles. The Morgan fingerprint density at radius 2 is 1.74 bits per heavy atom. The molecule has 0 radical (unpaired) electrons. The van der Waals surface area contributed by atoms with E-state index in [4.69, 9.17) is 15.7 Å². The van der Waals surface area contributed by atoms with Gasteiger partial charge in [0.05, 0.1) is 0 Å². The number of azide groups is 1. The number of hydrogen-bond acceptors (Lipinski definition) is 3. The van der Waals surface area contributed by atoms with Gasteiger partial charge in [-0.25, -0.2) is 0 Å². The lowest BCUT2D eigenvalue weighted by Crippen LogP contribution is -1.96. The Morgan fingerprint density at radius 1 is 1.21 bits per heavy atom. The van der Waals surface area contributed by atoms with Crippen molar-refractivity contribution in [2.24, 2.45) is 5.11 Å². The van der Waals surface area contributed by atoms with Crippen molar-refractivity contribution in [1.29, 1.82) is 0 Å². The average molecular weight is 265 g/mol. The molecule has 7 heteroatoms. The van der Waals surface area contributed by atoms with Crippen LogP contribution in [0.2, 0.25) is 0 Å². The van der Waals surface area contributed by atoms with Gasteiger partial charge in [-0.05, 0) is 17.5 Å². The van der Waals surface area contributed by atoms with Gasteiger partial charge in [0.15, 0.2) is 0 Å². The van der Waals surface area contributed by atoms with E-state index in [-0.39, 0.29) is 12.8 Å². The molecule has 0 aliphatic carbocycles. The summed E-state index contributed by atoms with van der Waals surface area (Å²) in [6, 6.07) is 6.84. The SMILES string of the molecule is CCC(=O)O.[N-]=[N+]=Nc1ccc(CCC(=O)O)cc1. The summed E-state index contributed by atoms with van der Waals surface area (Å²) < 4.78 is 0. The molecule has 1 rings (SSSR count). The second kappa shape index (κ2) is 9.49. The van der Waals surface area contributed by atoms with Crippen LogP contribution in [-0.2, 0) is 16.0 Å². The smallest absolute Gasteiger partial charge is 0.303 e. The minimum atomic E-state index is -0.816. The average Bonchev–Trinajstić information content (AvgIpc) is 2.39. The summed E-state index contributed by atoms with van der Waals surface area (Å²) in [6.45, 7) is 1.60. The Labute approximate surface area is 110 Å². The molecule has 0 atom stereocenters. The number of benzene rings is 1. The molecular weight excluding hydrogens is 250 g/mol. The van der Waals surface area contributed by atoms with E-state index in [9.17, 15) is 9.59 Å². The van der Waals surface area contributed by atoms with Gasteiger partial charge in [-0.15, -0.1) is 0 Å². The van der Waals surface area contributed by atoms with E-state index in [0.29, 0.717) is 12.1 Å². The molecule has 0 amide bonds.